The number of nitrogens with two attached hydrogens (primary N) is 1. The van der Waals surface area contributed by atoms with Gasteiger partial charge in [0.05, 0.1) is 15.8 Å². The smallest absolute Gasteiger partial charge is 0.254 e. The highest BCUT2D eigenvalue weighted by molar-refractivity contribution is 7.89. The molecule has 10 heteroatoms. The van der Waals surface area contributed by atoms with Crippen molar-refractivity contribution in [3.8, 4) is 0 Å². The van der Waals surface area contributed by atoms with Gasteiger partial charge in [-0.3, -0.25) is 4.79 Å². The van der Waals surface area contributed by atoms with Gasteiger partial charge in [0.25, 0.3) is 5.91 Å². The molecule has 156 valence electrons. The van der Waals surface area contributed by atoms with Gasteiger partial charge in [-0.15, -0.1) is 0 Å². The summed E-state index contributed by atoms with van der Waals surface area (Å²) in [4.78, 5) is 29.4. The van der Waals surface area contributed by atoms with Gasteiger partial charge in [-0.25, -0.2) is 23.5 Å². The van der Waals surface area contributed by atoms with E-state index >= 15 is 0 Å². The predicted octanol–water partition coefficient (Wildman–Crippen LogP) is 1.41. The van der Waals surface area contributed by atoms with Gasteiger partial charge in [0, 0.05) is 31.4 Å². The van der Waals surface area contributed by atoms with E-state index in [1.807, 2.05) is 17.2 Å². The lowest BCUT2D eigenvalue weighted by molar-refractivity contribution is 0.0623. The SMILES string of the molecule is Cc1cc(S(N)(=O)=O)ccc1C(=O)N1CCN(c2ncnc3[nH]ccc23)CC12CC2. The fraction of sp³-hybridized carbons (Fsp3) is 0.350. The maximum absolute atomic E-state index is 13.3. The summed E-state index contributed by atoms with van der Waals surface area (Å²) in [5, 5.41) is 6.18. The molecule has 3 N–H and O–H groups in total. The van der Waals surface area contributed by atoms with Crippen molar-refractivity contribution >= 4 is 32.8 Å². The number of aromatic amines is 1. The number of nitrogens with zero attached hydrogens (tertiary/aromatic N) is 4. The van der Waals surface area contributed by atoms with Crippen LogP contribution in [0.5, 0.6) is 0 Å². The fourth-order valence-corrected chi connectivity index (χ4v) is 4.96. The van der Waals surface area contributed by atoms with Crippen LogP contribution in [0.4, 0.5) is 5.82 Å². The van der Waals surface area contributed by atoms with Crippen molar-refractivity contribution in [2.75, 3.05) is 24.5 Å². The zero-order valence-electron chi connectivity index (χ0n) is 16.5. The van der Waals surface area contributed by atoms with E-state index in [1.165, 1.54) is 12.1 Å². The molecule has 1 saturated carbocycles. The number of carbonyl (C=O) groups excluding carboxylic acids is 1. The first-order valence-corrected chi connectivity index (χ1v) is 11.3. The second-order valence-electron chi connectivity index (χ2n) is 8.06. The second kappa shape index (κ2) is 6.51. The Morgan fingerprint density at radius 3 is 2.70 bits per heavy atom. The molecule has 0 bridgehead atoms. The highest BCUT2D eigenvalue weighted by Gasteiger charge is 2.53. The average molecular weight is 427 g/mol. The highest BCUT2D eigenvalue weighted by atomic mass is 32.2. The Kier molecular flexibility index (Phi) is 4.13. The largest absolute Gasteiger partial charge is 0.352 e. The van der Waals surface area contributed by atoms with Crippen LogP contribution in [0, 0.1) is 6.92 Å². The van der Waals surface area contributed by atoms with Crippen LogP contribution in [0.2, 0.25) is 0 Å². The molecule has 9 nitrogen and oxygen atoms in total. The summed E-state index contributed by atoms with van der Waals surface area (Å²) in [5.41, 5.74) is 1.70. The molecular weight excluding hydrogens is 404 g/mol. The number of rotatable bonds is 3. The minimum absolute atomic E-state index is 0.0155. The van der Waals surface area contributed by atoms with Crippen molar-refractivity contribution in [3.05, 3.63) is 47.9 Å². The molecule has 1 aromatic carbocycles. The van der Waals surface area contributed by atoms with Gasteiger partial charge in [0.1, 0.15) is 17.8 Å². The zero-order valence-corrected chi connectivity index (χ0v) is 17.3. The summed E-state index contributed by atoms with van der Waals surface area (Å²) in [6.07, 6.45) is 5.28. The molecule has 1 aliphatic carbocycles. The topological polar surface area (TPSA) is 125 Å². The number of piperazine rings is 1. The van der Waals surface area contributed by atoms with Gasteiger partial charge >= 0.3 is 0 Å². The molecule has 2 aromatic heterocycles. The zero-order chi connectivity index (χ0) is 21.1. The van der Waals surface area contributed by atoms with Crippen LogP contribution >= 0.6 is 0 Å². The minimum atomic E-state index is -3.80. The summed E-state index contributed by atoms with van der Waals surface area (Å²) in [6, 6.07) is 6.39. The first kappa shape index (κ1) is 19.0. The number of carbonyl (C=O) groups is 1. The van der Waals surface area contributed by atoms with E-state index in [-0.39, 0.29) is 16.3 Å². The van der Waals surface area contributed by atoms with Crippen molar-refractivity contribution in [3.63, 3.8) is 0 Å². The Morgan fingerprint density at radius 1 is 1.20 bits per heavy atom. The molecule has 3 aromatic rings. The molecule has 2 aliphatic rings. The van der Waals surface area contributed by atoms with Crippen LogP contribution in [-0.2, 0) is 10.0 Å². The van der Waals surface area contributed by atoms with Gasteiger partial charge < -0.3 is 14.8 Å². The summed E-state index contributed by atoms with van der Waals surface area (Å²) in [6.45, 7) is 3.69. The van der Waals surface area contributed by atoms with Gasteiger partial charge in [0.15, 0.2) is 0 Å². The molecular formula is C20H22N6O3S. The molecule has 3 heterocycles. The fourth-order valence-electron chi connectivity index (χ4n) is 4.36. The number of anilines is 1. The van der Waals surface area contributed by atoms with E-state index in [0.717, 1.165) is 29.7 Å². The van der Waals surface area contributed by atoms with Crippen molar-refractivity contribution in [1.29, 1.82) is 0 Å². The minimum Gasteiger partial charge on any atom is -0.352 e. The average Bonchev–Trinajstić information content (AvgIpc) is 3.28. The standard InChI is InChI=1S/C20H22N6O3S/c1-13-10-14(30(21,28)29)2-3-15(13)19(27)26-9-8-25(11-20(26)5-6-20)18-16-4-7-22-17(16)23-12-24-18/h2-4,7,10,12H,5-6,8-9,11H2,1H3,(H2,21,28,29)(H,22,23,24). The molecule has 0 unspecified atom stereocenters. The van der Waals surface area contributed by atoms with Crippen LogP contribution in [0.1, 0.15) is 28.8 Å². The molecule has 1 amide bonds. The molecule has 0 atom stereocenters. The molecule has 30 heavy (non-hydrogen) atoms. The number of hydrogen-bond donors (Lipinski definition) is 2. The summed E-state index contributed by atoms with van der Waals surface area (Å²) < 4.78 is 23.2. The van der Waals surface area contributed by atoms with E-state index in [4.69, 9.17) is 5.14 Å². The Morgan fingerprint density at radius 2 is 2.00 bits per heavy atom. The van der Waals surface area contributed by atoms with E-state index in [2.05, 4.69) is 19.9 Å². The quantitative estimate of drug-likeness (QED) is 0.652. The number of aromatic nitrogens is 3. The van der Waals surface area contributed by atoms with E-state index in [1.54, 1.807) is 19.3 Å². The van der Waals surface area contributed by atoms with Gasteiger partial charge in [-0.1, -0.05) is 0 Å². The number of aryl methyl sites for hydroxylation is 1. The van der Waals surface area contributed by atoms with Gasteiger partial charge in [0.2, 0.25) is 10.0 Å². The Hall–Kier alpha value is -2.98. The molecule has 5 rings (SSSR count). The summed E-state index contributed by atoms with van der Waals surface area (Å²) in [7, 11) is -3.80. The van der Waals surface area contributed by atoms with Crippen molar-refractivity contribution in [2.24, 2.45) is 5.14 Å². The highest BCUT2D eigenvalue weighted by Crippen LogP contribution is 2.46. The van der Waals surface area contributed by atoms with Crippen LogP contribution in [-0.4, -0.2) is 59.4 Å². The van der Waals surface area contributed by atoms with E-state index < -0.39 is 10.0 Å². The van der Waals surface area contributed by atoms with Crippen molar-refractivity contribution in [2.45, 2.75) is 30.2 Å². The molecule has 1 aliphatic heterocycles. The Bertz CT molecular complexity index is 1260. The summed E-state index contributed by atoms with van der Waals surface area (Å²) in [5.74, 6) is 0.813. The van der Waals surface area contributed by atoms with E-state index in [0.29, 0.717) is 30.8 Å². The number of hydrogen-bond acceptors (Lipinski definition) is 6. The molecule has 2 fully saturated rings. The maximum atomic E-state index is 13.3. The van der Waals surface area contributed by atoms with Crippen LogP contribution in [0.3, 0.4) is 0 Å². The summed E-state index contributed by atoms with van der Waals surface area (Å²) >= 11 is 0. The lowest BCUT2D eigenvalue weighted by atomic mass is 10.0. The normalized spacial score (nSPS) is 18.2. The lowest BCUT2D eigenvalue weighted by Gasteiger charge is -2.43. The molecule has 0 radical (unpaired) electrons. The van der Waals surface area contributed by atoms with E-state index in [9.17, 15) is 13.2 Å². The molecule has 1 saturated heterocycles. The number of sulfonamides is 1. The maximum Gasteiger partial charge on any atom is 0.254 e. The monoisotopic (exact) mass is 426 g/mol. The van der Waals surface area contributed by atoms with Crippen LogP contribution in [0.25, 0.3) is 11.0 Å². The van der Waals surface area contributed by atoms with Crippen molar-refractivity contribution in [1.82, 2.24) is 19.9 Å². The molecule has 1 spiro atoms. The third-order valence-corrected chi connectivity index (χ3v) is 7.02. The number of benzene rings is 1. The third kappa shape index (κ3) is 3.03. The second-order valence-corrected chi connectivity index (χ2v) is 9.62. The third-order valence-electron chi connectivity index (χ3n) is 6.11. The van der Waals surface area contributed by atoms with Gasteiger partial charge in [-0.2, -0.15) is 0 Å². The van der Waals surface area contributed by atoms with Crippen molar-refractivity contribution < 1.29 is 13.2 Å². The van der Waals surface area contributed by atoms with Gasteiger partial charge in [-0.05, 0) is 49.6 Å². The Labute approximate surface area is 174 Å². The number of primary sulfonamides is 1. The number of H-pyrrole nitrogens is 1. The number of nitrogens with one attached hydrogen (secondary N) is 1. The number of amides is 1. The lowest BCUT2D eigenvalue weighted by Crippen LogP contribution is -2.57. The number of fused-ring (bicyclic) bond motifs is 1. The van der Waals surface area contributed by atoms with Crippen LogP contribution < -0.4 is 10.0 Å². The van der Waals surface area contributed by atoms with Crippen LogP contribution in [0.15, 0.2) is 41.7 Å². The predicted molar refractivity (Wildman–Crippen MR) is 112 cm³/mol. The first-order chi connectivity index (χ1) is 14.3. The Balaban J connectivity index is 1.42. The first-order valence-electron chi connectivity index (χ1n) is 9.77.